The Morgan fingerprint density at radius 2 is 2.37 bits per heavy atom. The molecule has 2 N–H and O–H groups in total. The number of aromatic nitrogens is 2. The van der Waals surface area contributed by atoms with Gasteiger partial charge in [0, 0.05) is 24.2 Å². The fourth-order valence-corrected chi connectivity index (χ4v) is 3.04. The molecule has 0 radical (unpaired) electrons. The second-order valence-electron chi connectivity index (χ2n) is 5.83. The first kappa shape index (κ1) is 12.7. The average molecular weight is 262 g/mol. The molecule has 0 saturated carbocycles. The predicted molar refractivity (Wildman–Crippen MR) is 72.6 cm³/mol. The van der Waals surface area contributed by atoms with Crippen molar-refractivity contribution < 1.29 is 4.79 Å². The quantitative estimate of drug-likeness (QED) is 0.846. The van der Waals surface area contributed by atoms with E-state index < -0.39 is 0 Å². The van der Waals surface area contributed by atoms with E-state index in [2.05, 4.69) is 15.7 Å². The Labute approximate surface area is 113 Å². The molecule has 1 fully saturated rings. The second-order valence-corrected chi connectivity index (χ2v) is 5.83. The lowest BCUT2D eigenvalue weighted by Gasteiger charge is -2.33. The highest BCUT2D eigenvalue weighted by atomic mass is 16.1. The Hall–Kier alpha value is -1.36. The highest BCUT2D eigenvalue weighted by molar-refractivity contribution is 5.79. The van der Waals surface area contributed by atoms with Crippen molar-refractivity contribution in [2.24, 2.45) is 18.9 Å². The van der Waals surface area contributed by atoms with Crippen molar-refractivity contribution in [1.82, 2.24) is 20.4 Å². The van der Waals surface area contributed by atoms with Crippen LogP contribution in [0.5, 0.6) is 0 Å². The van der Waals surface area contributed by atoms with E-state index in [1.54, 1.807) is 0 Å². The zero-order valence-corrected chi connectivity index (χ0v) is 11.6. The van der Waals surface area contributed by atoms with Gasteiger partial charge < -0.3 is 10.6 Å². The van der Waals surface area contributed by atoms with E-state index in [4.69, 9.17) is 0 Å². The zero-order chi connectivity index (χ0) is 13.4. The van der Waals surface area contributed by atoms with Gasteiger partial charge >= 0.3 is 0 Å². The number of hydrogen-bond acceptors (Lipinski definition) is 3. The number of fused-ring (bicyclic) bond motifs is 1. The van der Waals surface area contributed by atoms with Gasteiger partial charge in [0.05, 0.1) is 12.2 Å². The summed E-state index contributed by atoms with van der Waals surface area (Å²) in [5.41, 5.74) is 2.48. The molecule has 1 aromatic rings. The molecule has 5 nitrogen and oxygen atoms in total. The Morgan fingerprint density at radius 3 is 3.05 bits per heavy atom. The minimum Gasteiger partial charge on any atom is -0.349 e. The SMILES string of the molecule is CC(C(=O)NC1CCCc2c1cnn2C)C1CNC1. The third kappa shape index (κ3) is 2.27. The number of rotatable bonds is 3. The summed E-state index contributed by atoms with van der Waals surface area (Å²) in [5, 5.41) is 10.8. The summed E-state index contributed by atoms with van der Waals surface area (Å²) in [5.74, 6) is 0.786. The maximum Gasteiger partial charge on any atom is 0.223 e. The van der Waals surface area contributed by atoms with Crippen LogP contribution >= 0.6 is 0 Å². The van der Waals surface area contributed by atoms with Gasteiger partial charge in [-0.15, -0.1) is 0 Å². The molecule has 2 atom stereocenters. The van der Waals surface area contributed by atoms with E-state index in [0.29, 0.717) is 5.92 Å². The van der Waals surface area contributed by atoms with Gasteiger partial charge in [-0.3, -0.25) is 9.48 Å². The fourth-order valence-electron chi connectivity index (χ4n) is 3.04. The number of amides is 1. The first-order valence-electron chi connectivity index (χ1n) is 7.18. The molecule has 2 heterocycles. The minimum absolute atomic E-state index is 0.100. The van der Waals surface area contributed by atoms with E-state index in [1.807, 2.05) is 24.9 Å². The summed E-state index contributed by atoms with van der Waals surface area (Å²) in [6, 6.07) is 0.153. The summed E-state index contributed by atoms with van der Waals surface area (Å²) in [7, 11) is 1.98. The van der Waals surface area contributed by atoms with Crippen LogP contribution in [0.1, 0.15) is 37.1 Å². The molecular formula is C14H22N4O. The Morgan fingerprint density at radius 1 is 1.58 bits per heavy atom. The van der Waals surface area contributed by atoms with Crippen molar-refractivity contribution in [3.05, 3.63) is 17.5 Å². The van der Waals surface area contributed by atoms with E-state index in [0.717, 1.165) is 32.4 Å². The lowest BCUT2D eigenvalue weighted by atomic mass is 9.87. The van der Waals surface area contributed by atoms with Crippen molar-refractivity contribution in [2.75, 3.05) is 13.1 Å². The Balaban J connectivity index is 1.68. The highest BCUT2D eigenvalue weighted by Gasteiger charge is 2.31. The predicted octanol–water partition coefficient (Wildman–Crippen LogP) is 0.769. The van der Waals surface area contributed by atoms with Crippen LogP contribution in [-0.4, -0.2) is 28.8 Å². The molecule has 19 heavy (non-hydrogen) atoms. The van der Waals surface area contributed by atoms with Gasteiger partial charge in [-0.2, -0.15) is 5.10 Å². The van der Waals surface area contributed by atoms with Crippen molar-refractivity contribution in [2.45, 2.75) is 32.2 Å². The molecule has 1 aromatic heterocycles. The molecule has 0 spiro atoms. The van der Waals surface area contributed by atoms with Crippen molar-refractivity contribution in [3.63, 3.8) is 0 Å². The van der Waals surface area contributed by atoms with Gasteiger partial charge in [-0.25, -0.2) is 0 Å². The van der Waals surface area contributed by atoms with Crippen LogP contribution in [0.25, 0.3) is 0 Å². The second kappa shape index (κ2) is 4.96. The molecule has 5 heteroatoms. The molecule has 0 bridgehead atoms. The third-order valence-electron chi connectivity index (χ3n) is 4.63. The first-order valence-corrected chi connectivity index (χ1v) is 7.18. The smallest absolute Gasteiger partial charge is 0.223 e. The van der Waals surface area contributed by atoms with Gasteiger partial charge in [-0.05, 0) is 38.3 Å². The number of carbonyl (C=O) groups excluding carboxylic acids is 1. The Bertz CT molecular complexity index is 478. The van der Waals surface area contributed by atoms with Crippen LogP contribution in [0.4, 0.5) is 0 Å². The number of nitrogens with zero attached hydrogens (tertiary/aromatic N) is 2. The minimum atomic E-state index is 0.100. The lowest BCUT2D eigenvalue weighted by Crippen LogP contribution is -2.50. The molecule has 2 aliphatic rings. The molecular weight excluding hydrogens is 240 g/mol. The van der Waals surface area contributed by atoms with E-state index in [1.165, 1.54) is 11.3 Å². The molecule has 1 amide bonds. The standard InChI is InChI=1S/C14H22N4O/c1-9(10-6-15-7-10)14(19)17-12-4-3-5-13-11(12)8-16-18(13)2/h8-10,12,15H,3-7H2,1-2H3,(H,17,19). The number of hydrogen-bond donors (Lipinski definition) is 2. The molecule has 1 aliphatic heterocycles. The summed E-state index contributed by atoms with van der Waals surface area (Å²) < 4.78 is 1.94. The van der Waals surface area contributed by atoms with Gasteiger partial charge in [0.1, 0.15) is 0 Å². The van der Waals surface area contributed by atoms with Gasteiger partial charge in [0.25, 0.3) is 0 Å². The molecule has 0 aromatic carbocycles. The zero-order valence-electron chi connectivity index (χ0n) is 11.6. The summed E-state index contributed by atoms with van der Waals surface area (Å²) in [4.78, 5) is 12.3. The fraction of sp³-hybridized carbons (Fsp3) is 0.714. The van der Waals surface area contributed by atoms with Gasteiger partial charge in [-0.1, -0.05) is 6.92 Å². The first-order chi connectivity index (χ1) is 9.16. The number of aryl methyl sites for hydroxylation is 1. The van der Waals surface area contributed by atoms with Crippen LogP contribution in [0, 0.1) is 11.8 Å². The topological polar surface area (TPSA) is 59.0 Å². The molecule has 104 valence electrons. The van der Waals surface area contributed by atoms with Gasteiger partial charge in [0.2, 0.25) is 5.91 Å². The molecule has 1 aliphatic carbocycles. The van der Waals surface area contributed by atoms with Gasteiger partial charge in [0.15, 0.2) is 0 Å². The normalized spacial score (nSPS) is 24.4. The molecule has 2 unspecified atom stereocenters. The monoisotopic (exact) mass is 262 g/mol. The van der Waals surface area contributed by atoms with E-state index >= 15 is 0 Å². The lowest BCUT2D eigenvalue weighted by molar-refractivity contribution is -0.127. The molecule has 3 rings (SSSR count). The Kier molecular flexibility index (Phi) is 3.31. The maximum absolute atomic E-state index is 12.3. The maximum atomic E-state index is 12.3. The van der Waals surface area contributed by atoms with Crippen LogP contribution in [0.3, 0.4) is 0 Å². The summed E-state index contributed by atoms with van der Waals surface area (Å²) >= 11 is 0. The summed E-state index contributed by atoms with van der Waals surface area (Å²) in [6.07, 6.45) is 5.13. The van der Waals surface area contributed by atoms with Crippen LogP contribution in [-0.2, 0) is 18.3 Å². The van der Waals surface area contributed by atoms with Crippen molar-refractivity contribution in [3.8, 4) is 0 Å². The number of nitrogens with one attached hydrogen (secondary N) is 2. The van der Waals surface area contributed by atoms with E-state index in [-0.39, 0.29) is 17.9 Å². The van der Waals surface area contributed by atoms with Crippen molar-refractivity contribution >= 4 is 5.91 Å². The third-order valence-corrected chi connectivity index (χ3v) is 4.63. The largest absolute Gasteiger partial charge is 0.349 e. The average Bonchev–Trinajstić information content (AvgIpc) is 2.70. The van der Waals surface area contributed by atoms with Crippen LogP contribution in [0.2, 0.25) is 0 Å². The van der Waals surface area contributed by atoms with Crippen molar-refractivity contribution in [1.29, 1.82) is 0 Å². The molecule has 1 saturated heterocycles. The van der Waals surface area contributed by atoms with Crippen LogP contribution < -0.4 is 10.6 Å². The summed E-state index contributed by atoms with van der Waals surface area (Å²) in [6.45, 7) is 3.97. The van der Waals surface area contributed by atoms with E-state index in [9.17, 15) is 4.79 Å². The van der Waals surface area contributed by atoms with Crippen LogP contribution in [0.15, 0.2) is 6.20 Å². The number of carbonyl (C=O) groups is 1. The highest BCUT2D eigenvalue weighted by Crippen LogP contribution is 2.29.